The van der Waals surface area contributed by atoms with E-state index in [4.69, 9.17) is 5.11 Å². The number of aliphatic hydroxyl groups excluding tert-OH is 1. The Hall–Kier alpha value is -1.64. The summed E-state index contributed by atoms with van der Waals surface area (Å²) in [7, 11) is 0. The molecule has 0 bridgehead atoms. The van der Waals surface area contributed by atoms with Crippen molar-refractivity contribution in [2.45, 2.75) is 13.0 Å². The standard InChI is InChI=1S/C11H11N3OS/c15-6-2-1-3-10-4-5-11(16-10)7-14-9-12-8-13-14/h4-5,8-9,15H,2,6-7H2. The molecule has 2 aromatic rings. The van der Waals surface area contributed by atoms with Gasteiger partial charge in [-0.1, -0.05) is 11.8 Å². The van der Waals surface area contributed by atoms with Crippen LogP contribution in [-0.4, -0.2) is 26.5 Å². The van der Waals surface area contributed by atoms with Gasteiger partial charge in [-0.25, -0.2) is 9.67 Å². The fourth-order valence-corrected chi connectivity index (χ4v) is 2.08. The van der Waals surface area contributed by atoms with Crippen LogP contribution in [0.4, 0.5) is 0 Å². The lowest BCUT2D eigenvalue weighted by atomic mass is 10.4. The lowest BCUT2D eigenvalue weighted by molar-refractivity contribution is 0.305. The normalized spacial score (nSPS) is 9.81. The van der Waals surface area contributed by atoms with Gasteiger partial charge in [0.2, 0.25) is 0 Å². The molecule has 0 saturated heterocycles. The topological polar surface area (TPSA) is 50.9 Å². The molecule has 0 aliphatic carbocycles. The molecular weight excluding hydrogens is 222 g/mol. The van der Waals surface area contributed by atoms with E-state index in [0.717, 1.165) is 11.4 Å². The van der Waals surface area contributed by atoms with Crippen LogP contribution in [0, 0.1) is 11.8 Å². The van der Waals surface area contributed by atoms with Gasteiger partial charge in [-0.2, -0.15) is 5.10 Å². The molecular formula is C11H11N3OS. The summed E-state index contributed by atoms with van der Waals surface area (Å²) >= 11 is 1.64. The molecule has 0 aromatic carbocycles. The number of aliphatic hydroxyl groups is 1. The molecule has 0 amide bonds. The number of hydrogen-bond acceptors (Lipinski definition) is 4. The summed E-state index contributed by atoms with van der Waals surface area (Å²) < 4.78 is 1.77. The molecule has 82 valence electrons. The van der Waals surface area contributed by atoms with E-state index in [0.29, 0.717) is 6.42 Å². The minimum atomic E-state index is 0.115. The van der Waals surface area contributed by atoms with Crippen LogP contribution < -0.4 is 0 Å². The van der Waals surface area contributed by atoms with Crippen LogP contribution in [0.15, 0.2) is 24.8 Å². The highest BCUT2D eigenvalue weighted by atomic mass is 32.1. The first-order valence-electron chi connectivity index (χ1n) is 4.89. The van der Waals surface area contributed by atoms with Crippen LogP contribution in [0.1, 0.15) is 16.2 Å². The zero-order chi connectivity index (χ0) is 11.2. The third kappa shape index (κ3) is 2.92. The predicted molar refractivity (Wildman–Crippen MR) is 62.0 cm³/mol. The fraction of sp³-hybridized carbons (Fsp3) is 0.273. The second-order valence-corrected chi connectivity index (χ2v) is 4.30. The van der Waals surface area contributed by atoms with Crippen LogP contribution in [0.2, 0.25) is 0 Å². The highest BCUT2D eigenvalue weighted by Crippen LogP contribution is 2.16. The van der Waals surface area contributed by atoms with Crippen LogP contribution >= 0.6 is 11.3 Å². The van der Waals surface area contributed by atoms with E-state index in [9.17, 15) is 0 Å². The minimum Gasteiger partial charge on any atom is -0.395 e. The Morgan fingerprint density at radius 1 is 1.44 bits per heavy atom. The van der Waals surface area contributed by atoms with Gasteiger partial charge < -0.3 is 5.11 Å². The quantitative estimate of drug-likeness (QED) is 0.808. The van der Waals surface area contributed by atoms with Gasteiger partial charge in [0, 0.05) is 11.3 Å². The maximum atomic E-state index is 8.60. The maximum absolute atomic E-state index is 8.60. The first-order chi connectivity index (χ1) is 7.88. The molecule has 2 rings (SSSR count). The van der Waals surface area contributed by atoms with Crippen molar-refractivity contribution in [1.29, 1.82) is 0 Å². The largest absolute Gasteiger partial charge is 0.395 e. The number of aromatic nitrogens is 3. The van der Waals surface area contributed by atoms with Crippen LogP contribution in [0.25, 0.3) is 0 Å². The number of hydrogen-bond donors (Lipinski definition) is 1. The lowest BCUT2D eigenvalue weighted by Crippen LogP contribution is -1.97. The van der Waals surface area contributed by atoms with Crippen molar-refractivity contribution in [2.24, 2.45) is 0 Å². The van der Waals surface area contributed by atoms with Crippen molar-refractivity contribution in [1.82, 2.24) is 14.8 Å². The minimum absolute atomic E-state index is 0.115. The molecule has 2 aromatic heterocycles. The maximum Gasteiger partial charge on any atom is 0.137 e. The molecule has 0 radical (unpaired) electrons. The highest BCUT2D eigenvalue weighted by Gasteiger charge is 1.99. The van der Waals surface area contributed by atoms with Crippen molar-refractivity contribution in [3.63, 3.8) is 0 Å². The summed E-state index contributed by atoms with van der Waals surface area (Å²) in [4.78, 5) is 6.10. The van der Waals surface area contributed by atoms with Gasteiger partial charge in [0.1, 0.15) is 12.7 Å². The zero-order valence-corrected chi connectivity index (χ0v) is 9.44. The van der Waals surface area contributed by atoms with Crippen LogP contribution in [-0.2, 0) is 6.54 Å². The summed E-state index contributed by atoms with van der Waals surface area (Å²) in [5.74, 6) is 5.91. The first-order valence-corrected chi connectivity index (χ1v) is 5.71. The smallest absolute Gasteiger partial charge is 0.137 e. The second kappa shape index (κ2) is 5.45. The molecule has 0 aliphatic rings. The Labute approximate surface area is 97.6 Å². The molecule has 0 saturated carbocycles. The SMILES string of the molecule is OCCC#Cc1ccc(Cn2cncn2)s1. The fourth-order valence-electron chi connectivity index (χ4n) is 1.21. The Morgan fingerprint density at radius 2 is 2.38 bits per heavy atom. The summed E-state index contributed by atoms with van der Waals surface area (Å²) in [5.41, 5.74) is 0. The van der Waals surface area contributed by atoms with Gasteiger partial charge >= 0.3 is 0 Å². The van der Waals surface area contributed by atoms with Crippen molar-refractivity contribution >= 4 is 11.3 Å². The van der Waals surface area contributed by atoms with E-state index in [2.05, 4.69) is 21.9 Å². The second-order valence-electron chi connectivity index (χ2n) is 3.13. The molecule has 0 atom stereocenters. The summed E-state index contributed by atoms with van der Waals surface area (Å²) in [5, 5.41) is 12.6. The van der Waals surface area contributed by atoms with Crippen molar-refractivity contribution in [3.05, 3.63) is 34.5 Å². The van der Waals surface area contributed by atoms with Gasteiger partial charge in [0.25, 0.3) is 0 Å². The Morgan fingerprint density at radius 3 is 3.12 bits per heavy atom. The van der Waals surface area contributed by atoms with Gasteiger partial charge in [-0.05, 0) is 12.1 Å². The lowest BCUT2D eigenvalue weighted by Gasteiger charge is -1.94. The monoisotopic (exact) mass is 233 g/mol. The van der Waals surface area contributed by atoms with Gasteiger partial charge in [-0.15, -0.1) is 11.3 Å². The van der Waals surface area contributed by atoms with Crippen LogP contribution in [0.3, 0.4) is 0 Å². The molecule has 0 aliphatic heterocycles. The van der Waals surface area contributed by atoms with E-state index in [-0.39, 0.29) is 6.61 Å². The molecule has 0 spiro atoms. The van der Waals surface area contributed by atoms with Crippen LogP contribution in [0.5, 0.6) is 0 Å². The van der Waals surface area contributed by atoms with E-state index in [1.54, 1.807) is 22.3 Å². The highest BCUT2D eigenvalue weighted by molar-refractivity contribution is 7.12. The summed E-state index contributed by atoms with van der Waals surface area (Å²) in [6.45, 7) is 0.844. The Kier molecular flexibility index (Phi) is 3.70. The zero-order valence-electron chi connectivity index (χ0n) is 8.63. The van der Waals surface area contributed by atoms with Crippen molar-refractivity contribution < 1.29 is 5.11 Å². The van der Waals surface area contributed by atoms with Gasteiger partial charge in [0.05, 0.1) is 18.0 Å². The number of rotatable bonds is 3. The van der Waals surface area contributed by atoms with E-state index in [1.807, 2.05) is 12.1 Å². The number of thiophene rings is 1. The Bertz CT molecular complexity index is 493. The molecule has 5 heteroatoms. The Balaban J connectivity index is 2.00. The molecule has 2 heterocycles. The predicted octanol–water partition coefficient (Wildman–Crippen LogP) is 1.12. The summed E-state index contributed by atoms with van der Waals surface area (Å²) in [6, 6.07) is 4.02. The molecule has 0 unspecified atom stereocenters. The average Bonchev–Trinajstić information content (AvgIpc) is 2.91. The van der Waals surface area contributed by atoms with Crippen molar-refractivity contribution in [3.8, 4) is 11.8 Å². The van der Waals surface area contributed by atoms with Gasteiger partial charge in [0.15, 0.2) is 0 Å². The van der Waals surface area contributed by atoms with E-state index < -0.39 is 0 Å². The third-order valence-corrected chi connectivity index (χ3v) is 2.88. The van der Waals surface area contributed by atoms with Gasteiger partial charge in [-0.3, -0.25) is 0 Å². The molecule has 4 nitrogen and oxygen atoms in total. The molecule has 0 fully saturated rings. The van der Waals surface area contributed by atoms with E-state index >= 15 is 0 Å². The average molecular weight is 233 g/mol. The van der Waals surface area contributed by atoms with E-state index in [1.165, 1.54) is 11.2 Å². The third-order valence-electron chi connectivity index (χ3n) is 1.89. The van der Waals surface area contributed by atoms with Crippen molar-refractivity contribution in [2.75, 3.05) is 6.61 Å². The molecule has 1 N–H and O–H groups in total. The molecule has 16 heavy (non-hydrogen) atoms. The number of nitrogens with zero attached hydrogens (tertiary/aromatic N) is 3. The summed E-state index contributed by atoms with van der Waals surface area (Å²) in [6.07, 6.45) is 3.74. The first kappa shape index (κ1) is 10.9.